The number of amides is 2. The minimum atomic E-state index is -0.892. The summed E-state index contributed by atoms with van der Waals surface area (Å²) in [6.07, 6.45) is -0.979. The smallest absolute Gasteiger partial charge is 0.308 e. The third-order valence-electron chi connectivity index (χ3n) is 4.90. The maximum Gasteiger partial charge on any atom is 0.308 e. The summed E-state index contributed by atoms with van der Waals surface area (Å²) < 4.78 is 10.8. The summed E-state index contributed by atoms with van der Waals surface area (Å²) in [6, 6.07) is 16.5. The Bertz CT molecular complexity index is 882. The molecule has 2 aromatic rings. The second-order valence-corrected chi connectivity index (χ2v) is 7.00. The third-order valence-corrected chi connectivity index (χ3v) is 4.90. The zero-order chi connectivity index (χ0) is 21.5. The maximum atomic E-state index is 13.0. The van der Waals surface area contributed by atoms with Crippen molar-refractivity contribution in [3.05, 3.63) is 54.6 Å². The van der Waals surface area contributed by atoms with Crippen molar-refractivity contribution in [1.29, 1.82) is 0 Å². The van der Waals surface area contributed by atoms with Crippen molar-refractivity contribution >= 4 is 17.8 Å². The standard InChI is InChI=1S/C23H26N2O5/c1-3-29-21(26)15-20-22(27)24-13-14-25(20)23(28)16(2)30-19-11-9-18(10-12-19)17-7-5-4-6-8-17/h4-12,16,20H,3,13-15H2,1-2H3,(H,24,27). The largest absolute Gasteiger partial charge is 0.481 e. The molecular formula is C23H26N2O5. The van der Waals surface area contributed by atoms with Crippen molar-refractivity contribution in [1.82, 2.24) is 10.2 Å². The van der Waals surface area contributed by atoms with E-state index in [2.05, 4.69) is 5.32 Å². The summed E-state index contributed by atoms with van der Waals surface area (Å²) >= 11 is 0. The third kappa shape index (κ3) is 5.17. The molecule has 2 amide bonds. The van der Waals surface area contributed by atoms with Gasteiger partial charge in [-0.05, 0) is 37.1 Å². The van der Waals surface area contributed by atoms with Crippen LogP contribution in [0.3, 0.4) is 0 Å². The van der Waals surface area contributed by atoms with Crippen LogP contribution in [0.2, 0.25) is 0 Å². The van der Waals surface area contributed by atoms with Crippen molar-refractivity contribution in [2.45, 2.75) is 32.4 Å². The molecule has 1 N–H and O–H groups in total. The molecule has 2 aromatic carbocycles. The van der Waals surface area contributed by atoms with E-state index in [4.69, 9.17) is 9.47 Å². The molecule has 30 heavy (non-hydrogen) atoms. The van der Waals surface area contributed by atoms with Gasteiger partial charge in [0.2, 0.25) is 5.91 Å². The van der Waals surface area contributed by atoms with E-state index in [1.807, 2.05) is 54.6 Å². The number of ether oxygens (including phenoxy) is 2. The second kappa shape index (κ2) is 9.91. The number of rotatable bonds is 7. The molecule has 7 nitrogen and oxygen atoms in total. The van der Waals surface area contributed by atoms with Gasteiger partial charge in [-0.2, -0.15) is 0 Å². The Labute approximate surface area is 176 Å². The lowest BCUT2D eigenvalue weighted by Crippen LogP contribution is -2.60. The fourth-order valence-corrected chi connectivity index (χ4v) is 3.40. The first-order chi connectivity index (χ1) is 14.5. The van der Waals surface area contributed by atoms with Gasteiger partial charge in [-0.1, -0.05) is 42.5 Å². The molecule has 0 bridgehead atoms. The predicted molar refractivity (Wildman–Crippen MR) is 112 cm³/mol. The first kappa shape index (κ1) is 21.4. The second-order valence-electron chi connectivity index (χ2n) is 7.00. The fraction of sp³-hybridized carbons (Fsp3) is 0.348. The average molecular weight is 410 g/mol. The summed E-state index contributed by atoms with van der Waals surface area (Å²) in [5.74, 6) is -0.658. The van der Waals surface area contributed by atoms with Crippen LogP contribution in [0.25, 0.3) is 11.1 Å². The SMILES string of the molecule is CCOC(=O)CC1C(=O)NCCN1C(=O)C(C)Oc1ccc(-c2ccccc2)cc1. The van der Waals surface area contributed by atoms with Crippen molar-refractivity contribution in [2.75, 3.05) is 19.7 Å². The number of nitrogens with zero attached hydrogens (tertiary/aromatic N) is 1. The van der Waals surface area contributed by atoms with E-state index in [-0.39, 0.29) is 24.8 Å². The number of esters is 1. The summed E-state index contributed by atoms with van der Waals surface area (Å²) in [4.78, 5) is 38.5. The van der Waals surface area contributed by atoms with Gasteiger partial charge in [0.1, 0.15) is 11.8 Å². The van der Waals surface area contributed by atoms with Crippen molar-refractivity contribution in [3.8, 4) is 16.9 Å². The molecule has 2 atom stereocenters. The Balaban J connectivity index is 1.66. The van der Waals surface area contributed by atoms with Gasteiger partial charge in [0.05, 0.1) is 13.0 Å². The van der Waals surface area contributed by atoms with Gasteiger partial charge in [-0.3, -0.25) is 14.4 Å². The van der Waals surface area contributed by atoms with Gasteiger partial charge in [-0.15, -0.1) is 0 Å². The minimum Gasteiger partial charge on any atom is -0.481 e. The average Bonchev–Trinajstić information content (AvgIpc) is 2.76. The van der Waals surface area contributed by atoms with Crippen LogP contribution in [0.5, 0.6) is 5.75 Å². The molecule has 1 aliphatic rings. The number of piperazine rings is 1. The molecule has 0 saturated carbocycles. The summed E-state index contributed by atoms with van der Waals surface area (Å²) in [5, 5.41) is 2.69. The van der Waals surface area contributed by atoms with E-state index in [0.29, 0.717) is 18.8 Å². The number of hydrogen-bond acceptors (Lipinski definition) is 5. The van der Waals surface area contributed by atoms with Crippen LogP contribution in [0.4, 0.5) is 0 Å². The van der Waals surface area contributed by atoms with E-state index in [1.54, 1.807) is 13.8 Å². The lowest BCUT2D eigenvalue weighted by atomic mass is 10.1. The van der Waals surface area contributed by atoms with Crippen LogP contribution in [0.1, 0.15) is 20.3 Å². The zero-order valence-electron chi connectivity index (χ0n) is 17.2. The highest BCUT2D eigenvalue weighted by molar-refractivity contribution is 5.93. The summed E-state index contributed by atoms with van der Waals surface area (Å²) in [5.41, 5.74) is 2.14. The highest BCUT2D eigenvalue weighted by atomic mass is 16.5. The molecule has 0 radical (unpaired) electrons. The van der Waals surface area contributed by atoms with E-state index in [9.17, 15) is 14.4 Å². The Hall–Kier alpha value is -3.35. The minimum absolute atomic E-state index is 0.177. The Morgan fingerprint density at radius 2 is 1.77 bits per heavy atom. The van der Waals surface area contributed by atoms with Crippen molar-refractivity contribution in [2.24, 2.45) is 0 Å². The van der Waals surface area contributed by atoms with Crippen molar-refractivity contribution < 1.29 is 23.9 Å². The number of carbonyl (C=O) groups excluding carboxylic acids is 3. The Kier molecular flexibility index (Phi) is 7.06. The van der Waals surface area contributed by atoms with Crippen LogP contribution in [0.15, 0.2) is 54.6 Å². The normalized spacial score (nSPS) is 17.1. The number of carbonyl (C=O) groups is 3. The first-order valence-electron chi connectivity index (χ1n) is 10.1. The van der Waals surface area contributed by atoms with Gasteiger partial charge in [0.15, 0.2) is 6.10 Å². The summed E-state index contributed by atoms with van der Waals surface area (Å²) in [6.45, 7) is 4.21. The molecule has 1 fully saturated rings. The topological polar surface area (TPSA) is 84.9 Å². The molecule has 0 spiro atoms. The number of hydrogen-bond donors (Lipinski definition) is 1. The first-order valence-corrected chi connectivity index (χ1v) is 10.1. The molecule has 1 aliphatic heterocycles. The van der Waals surface area contributed by atoms with Gasteiger partial charge in [0.25, 0.3) is 5.91 Å². The molecule has 1 saturated heterocycles. The van der Waals surface area contributed by atoms with Crippen LogP contribution in [-0.2, 0) is 19.1 Å². The highest BCUT2D eigenvalue weighted by Crippen LogP contribution is 2.23. The molecular weight excluding hydrogens is 384 g/mol. The van der Waals surface area contributed by atoms with E-state index >= 15 is 0 Å². The molecule has 3 rings (SSSR count). The Morgan fingerprint density at radius 1 is 1.10 bits per heavy atom. The quantitative estimate of drug-likeness (QED) is 0.709. The molecule has 0 aliphatic carbocycles. The fourth-order valence-electron chi connectivity index (χ4n) is 3.40. The van der Waals surface area contributed by atoms with Gasteiger partial charge in [-0.25, -0.2) is 0 Å². The Morgan fingerprint density at radius 3 is 2.43 bits per heavy atom. The predicted octanol–water partition coefficient (Wildman–Crippen LogP) is 2.40. The van der Waals surface area contributed by atoms with Gasteiger partial charge < -0.3 is 19.7 Å². The molecule has 0 aromatic heterocycles. The van der Waals surface area contributed by atoms with Crippen LogP contribution >= 0.6 is 0 Å². The van der Waals surface area contributed by atoms with Crippen LogP contribution < -0.4 is 10.1 Å². The molecule has 158 valence electrons. The maximum absolute atomic E-state index is 13.0. The lowest BCUT2D eigenvalue weighted by Gasteiger charge is -2.36. The number of benzene rings is 2. The molecule has 1 heterocycles. The molecule has 2 unspecified atom stereocenters. The van der Waals surface area contributed by atoms with E-state index in [1.165, 1.54) is 4.90 Å². The van der Waals surface area contributed by atoms with Gasteiger partial charge in [0, 0.05) is 13.1 Å². The summed E-state index contributed by atoms with van der Waals surface area (Å²) in [7, 11) is 0. The van der Waals surface area contributed by atoms with Crippen LogP contribution in [0, 0.1) is 0 Å². The lowest BCUT2D eigenvalue weighted by molar-refractivity contribution is -0.153. The zero-order valence-corrected chi connectivity index (χ0v) is 17.2. The van der Waals surface area contributed by atoms with Crippen molar-refractivity contribution in [3.63, 3.8) is 0 Å². The van der Waals surface area contributed by atoms with Crippen LogP contribution in [-0.4, -0.2) is 54.5 Å². The van der Waals surface area contributed by atoms with Gasteiger partial charge >= 0.3 is 5.97 Å². The monoisotopic (exact) mass is 410 g/mol. The number of nitrogens with one attached hydrogen (secondary N) is 1. The van der Waals surface area contributed by atoms with E-state index in [0.717, 1.165) is 11.1 Å². The highest BCUT2D eigenvalue weighted by Gasteiger charge is 2.37. The van der Waals surface area contributed by atoms with E-state index < -0.39 is 18.1 Å². The molecule has 7 heteroatoms.